The van der Waals surface area contributed by atoms with Crippen LogP contribution in [0.1, 0.15) is 50.7 Å². The first-order valence-electron chi connectivity index (χ1n) is 15.2. The van der Waals surface area contributed by atoms with Crippen molar-refractivity contribution in [3.05, 3.63) is 118 Å². The van der Waals surface area contributed by atoms with Crippen LogP contribution in [0, 0.1) is 5.92 Å². The Hall–Kier alpha value is -3.55. The monoisotopic (exact) mass is 634 g/mol. The fourth-order valence-electron chi connectivity index (χ4n) is 5.84. The van der Waals surface area contributed by atoms with E-state index >= 15 is 0 Å². The first-order valence-corrected chi connectivity index (χ1v) is 16.2. The fourth-order valence-corrected chi connectivity index (χ4v) is 7.28. The van der Waals surface area contributed by atoms with Gasteiger partial charge in [-0.25, -0.2) is 0 Å². The smallest absolute Gasteiger partial charge is 0.126 e. The summed E-state index contributed by atoms with van der Waals surface area (Å²) in [4.78, 5) is 0. The molecule has 1 saturated carbocycles. The van der Waals surface area contributed by atoms with E-state index in [2.05, 4.69) is 56.0 Å². The van der Waals surface area contributed by atoms with Crippen molar-refractivity contribution in [1.29, 1.82) is 0 Å². The molecular formula is C38H50O6S. The molecule has 2 aromatic carbocycles. The molecule has 1 fully saturated rings. The zero-order chi connectivity index (χ0) is 32.9. The van der Waals surface area contributed by atoms with Crippen LogP contribution < -0.4 is 9.47 Å². The van der Waals surface area contributed by atoms with Crippen molar-refractivity contribution in [3.63, 3.8) is 0 Å². The highest BCUT2D eigenvalue weighted by Gasteiger charge is 2.43. The number of benzene rings is 2. The van der Waals surface area contributed by atoms with Gasteiger partial charge in [0.15, 0.2) is 0 Å². The second kappa shape index (κ2) is 17.8. The second-order valence-electron chi connectivity index (χ2n) is 11.2. The molecule has 0 bridgehead atoms. The minimum atomic E-state index is -0.0556. The van der Waals surface area contributed by atoms with Crippen molar-refractivity contribution in [2.75, 3.05) is 49.3 Å². The van der Waals surface area contributed by atoms with Crippen LogP contribution in [0.15, 0.2) is 107 Å². The third-order valence-corrected chi connectivity index (χ3v) is 9.77. The van der Waals surface area contributed by atoms with Gasteiger partial charge in [-0.1, -0.05) is 36.4 Å². The third-order valence-electron chi connectivity index (χ3n) is 8.38. The first kappa shape index (κ1) is 35.9. The molecule has 0 saturated heterocycles. The van der Waals surface area contributed by atoms with Crippen molar-refractivity contribution >= 4 is 11.8 Å². The van der Waals surface area contributed by atoms with Crippen molar-refractivity contribution in [3.8, 4) is 11.5 Å². The summed E-state index contributed by atoms with van der Waals surface area (Å²) in [5.74, 6) is 4.98. The highest BCUT2D eigenvalue weighted by atomic mass is 32.2. The summed E-state index contributed by atoms with van der Waals surface area (Å²) < 4.78 is 34.0. The van der Waals surface area contributed by atoms with Gasteiger partial charge >= 0.3 is 0 Å². The molecule has 0 spiro atoms. The maximum absolute atomic E-state index is 6.14. The predicted octanol–water partition coefficient (Wildman–Crippen LogP) is 9.02. The Morgan fingerprint density at radius 3 is 1.96 bits per heavy atom. The third kappa shape index (κ3) is 9.47. The van der Waals surface area contributed by atoms with Gasteiger partial charge in [-0.05, 0) is 86.2 Å². The van der Waals surface area contributed by atoms with Crippen molar-refractivity contribution in [2.45, 2.75) is 50.5 Å². The number of hydrogen-bond donors (Lipinski definition) is 0. The molecule has 1 aliphatic rings. The van der Waals surface area contributed by atoms with Gasteiger partial charge < -0.3 is 28.4 Å². The average molecular weight is 635 g/mol. The van der Waals surface area contributed by atoms with E-state index in [-0.39, 0.29) is 17.1 Å². The molecule has 0 aromatic heterocycles. The van der Waals surface area contributed by atoms with Crippen molar-refractivity contribution in [1.82, 2.24) is 0 Å². The van der Waals surface area contributed by atoms with Gasteiger partial charge in [0.2, 0.25) is 0 Å². The molecule has 3 rings (SSSR count). The quantitative estimate of drug-likeness (QED) is 0.143. The van der Waals surface area contributed by atoms with Crippen molar-refractivity contribution < 1.29 is 28.4 Å². The summed E-state index contributed by atoms with van der Waals surface area (Å²) in [5.41, 5.74) is 7.07. The molecule has 0 heterocycles. The van der Waals surface area contributed by atoms with E-state index in [1.54, 1.807) is 42.7 Å². The number of methoxy groups -OCH3 is 6. The van der Waals surface area contributed by atoms with E-state index in [1.807, 2.05) is 43.8 Å². The van der Waals surface area contributed by atoms with Gasteiger partial charge in [0.25, 0.3) is 0 Å². The Bertz CT molecular complexity index is 1380. The normalized spacial score (nSPS) is 20.7. The molecule has 0 aliphatic heterocycles. The van der Waals surface area contributed by atoms with Crippen LogP contribution in [0.4, 0.5) is 0 Å². The lowest BCUT2D eigenvalue weighted by atomic mass is 9.65. The summed E-state index contributed by atoms with van der Waals surface area (Å²) in [6, 6.07) is 16.8. The summed E-state index contributed by atoms with van der Waals surface area (Å²) in [7, 11) is 10.2. The average Bonchev–Trinajstić information content (AvgIpc) is 3.06. The maximum Gasteiger partial charge on any atom is 0.126 e. The molecule has 6 nitrogen and oxygen atoms in total. The molecule has 1 unspecified atom stereocenters. The van der Waals surface area contributed by atoms with Crippen LogP contribution >= 0.6 is 11.8 Å². The highest BCUT2D eigenvalue weighted by molar-refractivity contribution is 7.99. The van der Waals surface area contributed by atoms with Gasteiger partial charge in [0.1, 0.15) is 17.3 Å². The Morgan fingerprint density at radius 1 is 0.822 bits per heavy atom. The van der Waals surface area contributed by atoms with Crippen LogP contribution in [-0.2, 0) is 24.7 Å². The number of thioether (sulfide) groups is 1. The standard InChI is InChI=1S/C38H50O6S/c1-25-21-35(45-24-29-12-16-31(42-8)17-13-29)37(30-14-18-32(43-9)19-15-30)38(36(25)34(44-10)22-28(4)41-7)33(26(2)23-39-5)20-11-27(3)40-6/h11-19,22,35,37-38H,1,20-21,23-24H2,2-10H3/b27-11+,28-22+,33-26+,36-34-/t35?,37-,38-/m1/s1. The molecule has 0 radical (unpaired) electrons. The molecule has 45 heavy (non-hydrogen) atoms. The lowest BCUT2D eigenvalue weighted by Crippen LogP contribution is -2.34. The molecule has 0 amide bonds. The van der Waals surface area contributed by atoms with Crippen LogP contribution in [-0.4, -0.2) is 54.5 Å². The zero-order valence-electron chi connectivity index (χ0n) is 28.4. The SMILES string of the molecule is C=C1CC(SCc2ccc(OC)cc2)[C@@H](c2ccc(OC)cc2)[C@H](/C(C/C=C(\C)OC)=C(\C)COC)/C1=C(/C=C(\C)OC)OC. The van der Waals surface area contributed by atoms with Crippen LogP contribution in [0.5, 0.6) is 11.5 Å². The van der Waals surface area contributed by atoms with E-state index < -0.39 is 0 Å². The van der Waals surface area contributed by atoms with Gasteiger partial charge in [0, 0.05) is 41.6 Å². The van der Waals surface area contributed by atoms with Gasteiger partial charge in [0.05, 0.1) is 53.7 Å². The Labute approximate surface area is 274 Å². The Balaban J connectivity index is 2.31. The molecule has 3 atom stereocenters. The minimum absolute atomic E-state index is 0.0556. The second-order valence-corrected chi connectivity index (χ2v) is 12.4. The highest BCUT2D eigenvalue weighted by Crippen LogP contribution is 2.54. The molecular weight excluding hydrogens is 584 g/mol. The summed E-state index contributed by atoms with van der Waals surface area (Å²) in [6.07, 6.45) is 5.63. The van der Waals surface area contributed by atoms with E-state index in [0.29, 0.717) is 13.0 Å². The first-order chi connectivity index (χ1) is 21.7. The number of allylic oxidation sites excluding steroid dienone is 7. The zero-order valence-corrected chi connectivity index (χ0v) is 29.2. The molecule has 244 valence electrons. The van der Waals surface area contributed by atoms with E-state index in [0.717, 1.165) is 52.1 Å². The summed E-state index contributed by atoms with van der Waals surface area (Å²) in [5, 5.41) is 0.227. The molecule has 1 aliphatic carbocycles. The van der Waals surface area contributed by atoms with Crippen LogP contribution in [0.2, 0.25) is 0 Å². The van der Waals surface area contributed by atoms with Gasteiger partial charge in [-0.3, -0.25) is 0 Å². The molecule has 2 aromatic rings. The number of hydrogen-bond acceptors (Lipinski definition) is 7. The van der Waals surface area contributed by atoms with E-state index in [1.165, 1.54) is 22.3 Å². The lowest BCUT2D eigenvalue weighted by Gasteiger charge is -2.43. The van der Waals surface area contributed by atoms with E-state index in [9.17, 15) is 0 Å². The number of rotatable bonds is 15. The summed E-state index contributed by atoms with van der Waals surface area (Å²) in [6.45, 7) is 11.3. The van der Waals surface area contributed by atoms with Crippen LogP contribution in [0.25, 0.3) is 0 Å². The molecule has 7 heteroatoms. The fraction of sp³-hybridized carbons (Fsp3) is 0.421. The lowest BCUT2D eigenvalue weighted by molar-refractivity contribution is 0.223. The molecule has 0 N–H and O–H groups in total. The topological polar surface area (TPSA) is 55.4 Å². The Kier molecular flexibility index (Phi) is 14.2. The van der Waals surface area contributed by atoms with E-state index in [4.69, 9.17) is 28.4 Å². The minimum Gasteiger partial charge on any atom is -0.502 e. The van der Waals surface area contributed by atoms with Gasteiger partial charge in [-0.2, -0.15) is 11.8 Å². The van der Waals surface area contributed by atoms with Crippen molar-refractivity contribution in [2.24, 2.45) is 5.92 Å². The number of ether oxygens (including phenoxy) is 6. The largest absolute Gasteiger partial charge is 0.502 e. The van der Waals surface area contributed by atoms with Gasteiger partial charge in [-0.15, -0.1) is 0 Å². The Morgan fingerprint density at radius 2 is 1.42 bits per heavy atom. The predicted molar refractivity (Wildman–Crippen MR) is 186 cm³/mol. The van der Waals surface area contributed by atoms with Crippen LogP contribution in [0.3, 0.4) is 0 Å². The maximum atomic E-state index is 6.14. The summed E-state index contributed by atoms with van der Waals surface area (Å²) >= 11 is 1.97.